The summed E-state index contributed by atoms with van der Waals surface area (Å²) in [6, 6.07) is 3.64. The van der Waals surface area contributed by atoms with Crippen LogP contribution in [0.4, 0.5) is 0 Å². The minimum absolute atomic E-state index is 0. The van der Waals surface area contributed by atoms with E-state index in [9.17, 15) is 4.79 Å². The van der Waals surface area contributed by atoms with Gasteiger partial charge in [-0.3, -0.25) is 4.79 Å². The summed E-state index contributed by atoms with van der Waals surface area (Å²) in [5.74, 6) is 1.33. The molecular weight excluding hydrogens is 316 g/mol. The fraction of sp³-hybridized carbons (Fsp3) is 0.588. The van der Waals surface area contributed by atoms with E-state index in [0.717, 1.165) is 31.4 Å². The molecule has 0 spiro atoms. The Morgan fingerprint density at radius 2 is 1.83 bits per heavy atom. The van der Waals surface area contributed by atoms with Gasteiger partial charge < -0.3 is 20.1 Å². The van der Waals surface area contributed by atoms with Crippen molar-refractivity contribution in [3.63, 3.8) is 0 Å². The maximum Gasteiger partial charge on any atom is 0.254 e. The van der Waals surface area contributed by atoms with Crippen molar-refractivity contribution in [2.75, 3.05) is 20.8 Å². The largest absolute Gasteiger partial charge is 0.496 e. The molecule has 0 radical (unpaired) electrons. The first kappa shape index (κ1) is 19.6. The number of nitrogens with zero attached hydrogens (tertiary/aromatic N) is 1. The Kier molecular flexibility index (Phi) is 7.16. The van der Waals surface area contributed by atoms with E-state index >= 15 is 0 Å². The van der Waals surface area contributed by atoms with Crippen LogP contribution in [0.1, 0.15) is 42.1 Å². The minimum Gasteiger partial charge on any atom is -0.496 e. The molecule has 1 aromatic carbocycles. The standard InChI is InChI=1S/C17H26N2O3.ClH/c1-11-15(21-3)9-13(10-16(11)22-4)17(20)19-8-6-5-7-14(19)12(2)18;/h9-10,12,14H,5-8,18H2,1-4H3;1H. The number of methoxy groups -OCH3 is 2. The summed E-state index contributed by atoms with van der Waals surface area (Å²) < 4.78 is 10.7. The number of nitrogens with two attached hydrogens (primary N) is 1. The van der Waals surface area contributed by atoms with Crippen molar-refractivity contribution in [2.45, 2.75) is 45.2 Å². The third kappa shape index (κ3) is 4.09. The lowest BCUT2D eigenvalue weighted by molar-refractivity contribution is 0.0583. The summed E-state index contributed by atoms with van der Waals surface area (Å²) in [6.45, 7) is 4.63. The van der Waals surface area contributed by atoms with E-state index in [2.05, 4.69) is 0 Å². The van der Waals surface area contributed by atoms with Crippen molar-refractivity contribution in [3.8, 4) is 11.5 Å². The maximum atomic E-state index is 12.9. The van der Waals surface area contributed by atoms with Gasteiger partial charge in [-0.25, -0.2) is 0 Å². The molecule has 0 aromatic heterocycles. The van der Waals surface area contributed by atoms with Crippen molar-refractivity contribution in [1.29, 1.82) is 0 Å². The highest BCUT2D eigenvalue weighted by molar-refractivity contribution is 5.95. The average Bonchev–Trinajstić information content (AvgIpc) is 2.54. The van der Waals surface area contributed by atoms with Gasteiger partial charge in [0.05, 0.1) is 14.2 Å². The third-order valence-corrected chi connectivity index (χ3v) is 4.42. The normalized spacial score (nSPS) is 18.8. The van der Waals surface area contributed by atoms with E-state index < -0.39 is 0 Å². The van der Waals surface area contributed by atoms with Crippen LogP contribution in [0, 0.1) is 6.92 Å². The zero-order chi connectivity index (χ0) is 16.3. The van der Waals surface area contributed by atoms with Gasteiger partial charge >= 0.3 is 0 Å². The van der Waals surface area contributed by atoms with Crippen LogP contribution in [0.15, 0.2) is 12.1 Å². The molecule has 6 heteroatoms. The van der Waals surface area contributed by atoms with E-state index in [1.165, 1.54) is 0 Å². The van der Waals surface area contributed by atoms with E-state index in [0.29, 0.717) is 17.1 Å². The van der Waals surface area contributed by atoms with E-state index in [4.69, 9.17) is 15.2 Å². The average molecular weight is 343 g/mol. The van der Waals surface area contributed by atoms with Crippen LogP contribution in [0.2, 0.25) is 0 Å². The first-order chi connectivity index (χ1) is 10.5. The first-order valence-electron chi connectivity index (χ1n) is 7.78. The second-order valence-corrected chi connectivity index (χ2v) is 5.93. The number of carbonyl (C=O) groups excluding carboxylic acids is 1. The lowest BCUT2D eigenvalue weighted by Crippen LogP contribution is -2.51. The Labute approximate surface area is 144 Å². The molecule has 1 aliphatic heterocycles. The second-order valence-electron chi connectivity index (χ2n) is 5.93. The van der Waals surface area contributed by atoms with Crippen molar-refractivity contribution < 1.29 is 14.3 Å². The molecule has 1 amide bonds. The monoisotopic (exact) mass is 342 g/mol. The van der Waals surface area contributed by atoms with Gasteiger partial charge in [-0.15, -0.1) is 12.4 Å². The van der Waals surface area contributed by atoms with Crippen LogP contribution in [0.3, 0.4) is 0 Å². The Morgan fingerprint density at radius 3 is 2.30 bits per heavy atom. The van der Waals surface area contributed by atoms with Gasteiger partial charge in [0.1, 0.15) is 11.5 Å². The molecule has 0 saturated carbocycles. The Bertz CT molecular complexity index is 524. The lowest BCUT2D eigenvalue weighted by Gasteiger charge is -2.38. The second kappa shape index (κ2) is 8.41. The lowest BCUT2D eigenvalue weighted by atomic mass is 9.95. The number of carbonyl (C=O) groups is 1. The molecule has 0 aliphatic carbocycles. The molecule has 2 atom stereocenters. The minimum atomic E-state index is -0.0292. The highest BCUT2D eigenvalue weighted by atomic mass is 35.5. The SMILES string of the molecule is COc1cc(C(=O)N2CCCCC2C(C)N)cc(OC)c1C.Cl. The molecule has 2 rings (SSSR count). The fourth-order valence-electron chi connectivity index (χ4n) is 3.13. The number of halogens is 1. The summed E-state index contributed by atoms with van der Waals surface area (Å²) in [7, 11) is 3.20. The van der Waals surface area contributed by atoms with E-state index in [1.807, 2.05) is 18.7 Å². The number of benzene rings is 1. The zero-order valence-corrected chi connectivity index (χ0v) is 15.1. The highest BCUT2D eigenvalue weighted by Crippen LogP contribution is 2.31. The summed E-state index contributed by atoms with van der Waals surface area (Å²) in [6.07, 6.45) is 3.11. The van der Waals surface area contributed by atoms with Crippen LogP contribution < -0.4 is 15.2 Å². The predicted molar refractivity (Wildman–Crippen MR) is 93.9 cm³/mol. The number of piperidine rings is 1. The van der Waals surface area contributed by atoms with Crippen LogP contribution in [0.25, 0.3) is 0 Å². The molecule has 23 heavy (non-hydrogen) atoms. The van der Waals surface area contributed by atoms with Crippen LogP contribution in [-0.4, -0.2) is 43.7 Å². The molecule has 2 N–H and O–H groups in total. The Hall–Kier alpha value is -1.46. The number of rotatable bonds is 4. The quantitative estimate of drug-likeness (QED) is 0.913. The first-order valence-corrected chi connectivity index (χ1v) is 7.78. The van der Waals surface area contributed by atoms with Gasteiger partial charge in [-0.1, -0.05) is 0 Å². The molecule has 5 nitrogen and oxygen atoms in total. The topological polar surface area (TPSA) is 64.8 Å². The molecule has 1 aromatic rings. The summed E-state index contributed by atoms with van der Waals surface area (Å²) >= 11 is 0. The van der Waals surface area contributed by atoms with Crippen LogP contribution in [-0.2, 0) is 0 Å². The smallest absolute Gasteiger partial charge is 0.254 e. The molecular formula is C17H27ClN2O3. The molecule has 0 bridgehead atoms. The number of amides is 1. The molecule has 1 saturated heterocycles. The van der Waals surface area contributed by atoms with Crippen molar-refractivity contribution >= 4 is 18.3 Å². The Morgan fingerprint density at radius 1 is 1.26 bits per heavy atom. The van der Waals surface area contributed by atoms with Gasteiger partial charge in [0.25, 0.3) is 5.91 Å². The van der Waals surface area contributed by atoms with Crippen LogP contribution in [0.5, 0.6) is 11.5 Å². The molecule has 1 fully saturated rings. The van der Waals surface area contributed by atoms with Crippen molar-refractivity contribution in [2.24, 2.45) is 5.73 Å². The summed E-state index contributed by atoms with van der Waals surface area (Å²) in [5, 5.41) is 0. The molecule has 1 aliphatic rings. The van der Waals surface area contributed by atoms with E-state index in [-0.39, 0.29) is 30.4 Å². The Balaban J connectivity index is 0.00000264. The number of ether oxygens (including phenoxy) is 2. The number of hydrogen-bond donors (Lipinski definition) is 1. The summed E-state index contributed by atoms with van der Waals surface area (Å²) in [4.78, 5) is 14.8. The van der Waals surface area contributed by atoms with Crippen LogP contribution >= 0.6 is 12.4 Å². The maximum absolute atomic E-state index is 12.9. The van der Waals surface area contributed by atoms with E-state index in [1.54, 1.807) is 26.4 Å². The molecule has 130 valence electrons. The summed E-state index contributed by atoms with van der Waals surface area (Å²) in [5.41, 5.74) is 7.55. The highest BCUT2D eigenvalue weighted by Gasteiger charge is 2.30. The van der Waals surface area contributed by atoms with Gasteiger partial charge in [0.15, 0.2) is 0 Å². The van der Waals surface area contributed by atoms with Crippen molar-refractivity contribution in [3.05, 3.63) is 23.3 Å². The third-order valence-electron chi connectivity index (χ3n) is 4.42. The fourth-order valence-corrected chi connectivity index (χ4v) is 3.13. The van der Waals surface area contributed by atoms with Gasteiger partial charge in [0, 0.05) is 29.8 Å². The molecule has 2 unspecified atom stereocenters. The number of hydrogen-bond acceptors (Lipinski definition) is 4. The molecule has 1 heterocycles. The zero-order valence-electron chi connectivity index (χ0n) is 14.3. The van der Waals surface area contributed by atoms with Crippen molar-refractivity contribution in [1.82, 2.24) is 4.90 Å². The van der Waals surface area contributed by atoms with Gasteiger partial charge in [-0.05, 0) is 45.2 Å². The van der Waals surface area contributed by atoms with Gasteiger partial charge in [0.2, 0.25) is 0 Å². The van der Waals surface area contributed by atoms with Gasteiger partial charge in [-0.2, -0.15) is 0 Å². The number of likely N-dealkylation sites (tertiary alicyclic amines) is 1. The predicted octanol–water partition coefficient (Wildman–Crippen LogP) is 2.78.